The third-order valence-corrected chi connectivity index (χ3v) is 5.03. The van der Waals surface area contributed by atoms with Gasteiger partial charge >= 0.3 is 0 Å². The van der Waals surface area contributed by atoms with Gasteiger partial charge in [-0.25, -0.2) is 0 Å². The Morgan fingerprint density at radius 1 is 1.19 bits per heavy atom. The van der Waals surface area contributed by atoms with Crippen molar-refractivity contribution in [2.45, 2.75) is 45.2 Å². The molecule has 1 aliphatic rings. The monoisotopic (exact) mass is 345 g/mol. The van der Waals surface area contributed by atoms with Gasteiger partial charge in [-0.15, -0.1) is 0 Å². The number of fused-ring (bicyclic) bond motifs is 1. The van der Waals surface area contributed by atoms with Crippen LogP contribution in [0.25, 0.3) is 10.8 Å². The molecule has 2 aromatic carbocycles. The van der Waals surface area contributed by atoms with Gasteiger partial charge in [0.2, 0.25) is 0 Å². The molecule has 0 radical (unpaired) electrons. The molecule has 21 heavy (non-hydrogen) atoms. The van der Waals surface area contributed by atoms with Crippen molar-refractivity contribution in [2.24, 2.45) is 0 Å². The minimum Gasteiger partial charge on any atom is -0.333 e. The van der Waals surface area contributed by atoms with Crippen LogP contribution >= 0.6 is 15.9 Å². The molecule has 0 saturated carbocycles. The molecule has 0 bridgehead atoms. The molecule has 0 aliphatic carbocycles. The number of nitrogens with zero attached hydrogens (tertiary/aromatic N) is 1. The number of likely N-dealkylation sites (tertiary alicyclic amines) is 1. The number of hydrogen-bond acceptors (Lipinski definition) is 1. The first-order valence-electron chi connectivity index (χ1n) is 7.62. The maximum absolute atomic E-state index is 12.9. The summed E-state index contributed by atoms with van der Waals surface area (Å²) < 4.78 is 1.06. The van der Waals surface area contributed by atoms with E-state index in [0.29, 0.717) is 12.1 Å². The number of rotatable bonds is 2. The van der Waals surface area contributed by atoms with Crippen LogP contribution in [-0.4, -0.2) is 22.9 Å². The first kappa shape index (κ1) is 14.6. The second kappa shape index (κ2) is 5.80. The number of carbonyl (C=O) groups is 1. The van der Waals surface area contributed by atoms with Crippen molar-refractivity contribution in [2.75, 3.05) is 0 Å². The minimum atomic E-state index is 0.177. The van der Waals surface area contributed by atoms with Crippen molar-refractivity contribution in [3.8, 4) is 0 Å². The van der Waals surface area contributed by atoms with Crippen molar-refractivity contribution in [3.63, 3.8) is 0 Å². The van der Waals surface area contributed by atoms with Gasteiger partial charge in [-0.05, 0) is 61.2 Å². The first-order valence-corrected chi connectivity index (χ1v) is 8.41. The standard InChI is InChI=1S/C18H20BrNO/c1-3-17-9-4-12(2)20(17)18(21)15-6-5-14-11-16(19)8-7-13(14)10-15/h5-8,10-12,17H,3-4,9H2,1-2H3. The van der Waals surface area contributed by atoms with Crippen molar-refractivity contribution in [1.29, 1.82) is 0 Å². The van der Waals surface area contributed by atoms with Gasteiger partial charge in [0.05, 0.1) is 0 Å². The Balaban J connectivity index is 1.96. The Kier molecular flexibility index (Phi) is 4.03. The van der Waals surface area contributed by atoms with Crippen LogP contribution < -0.4 is 0 Å². The summed E-state index contributed by atoms with van der Waals surface area (Å²) in [6.07, 6.45) is 3.28. The van der Waals surface area contributed by atoms with Crippen LogP contribution in [0.1, 0.15) is 43.5 Å². The van der Waals surface area contributed by atoms with Gasteiger partial charge in [-0.1, -0.05) is 35.0 Å². The summed E-state index contributed by atoms with van der Waals surface area (Å²) in [5.74, 6) is 0.177. The van der Waals surface area contributed by atoms with E-state index in [2.05, 4.69) is 46.8 Å². The summed E-state index contributed by atoms with van der Waals surface area (Å²) in [6, 6.07) is 12.9. The molecule has 110 valence electrons. The third kappa shape index (κ3) is 2.71. The average molecular weight is 346 g/mol. The summed E-state index contributed by atoms with van der Waals surface area (Å²) in [4.78, 5) is 14.9. The summed E-state index contributed by atoms with van der Waals surface area (Å²) in [5.41, 5.74) is 0.803. The molecule has 1 saturated heterocycles. The Morgan fingerprint density at radius 2 is 1.90 bits per heavy atom. The van der Waals surface area contributed by atoms with E-state index >= 15 is 0 Å². The number of benzene rings is 2. The van der Waals surface area contributed by atoms with Crippen molar-refractivity contribution < 1.29 is 4.79 Å². The lowest BCUT2D eigenvalue weighted by molar-refractivity contribution is 0.0676. The van der Waals surface area contributed by atoms with Crippen molar-refractivity contribution in [3.05, 3.63) is 46.4 Å². The third-order valence-electron chi connectivity index (χ3n) is 4.54. The quantitative estimate of drug-likeness (QED) is 0.749. The van der Waals surface area contributed by atoms with Crippen LogP contribution in [0.4, 0.5) is 0 Å². The lowest BCUT2D eigenvalue weighted by Gasteiger charge is -2.28. The van der Waals surface area contributed by atoms with Crippen LogP contribution in [0, 0.1) is 0 Å². The highest BCUT2D eigenvalue weighted by Gasteiger charge is 2.33. The SMILES string of the molecule is CCC1CCC(C)N1C(=O)c1ccc2cc(Br)ccc2c1. The maximum Gasteiger partial charge on any atom is 0.254 e. The highest BCUT2D eigenvalue weighted by atomic mass is 79.9. The molecule has 2 nitrogen and oxygen atoms in total. The van der Waals surface area contributed by atoms with Gasteiger partial charge in [0.1, 0.15) is 0 Å². The topological polar surface area (TPSA) is 20.3 Å². The van der Waals surface area contributed by atoms with Crippen molar-refractivity contribution in [1.82, 2.24) is 4.90 Å². The highest BCUT2D eigenvalue weighted by molar-refractivity contribution is 9.10. The summed E-state index contributed by atoms with van der Waals surface area (Å²) in [7, 11) is 0. The van der Waals surface area contributed by atoms with Gasteiger partial charge in [-0.3, -0.25) is 4.79 Å². The fourth-order valence-corrected chi connectivity index (χ4v) is 3.72. The molecule has 1 amide bonds. The molecule has 0 spiro atoms. The summed E-state index contributed by atoms with van der Waals surface area (Å²) in [6.45, 7) is 4.33. The molecule has 2 unspecified atom stereocenters. The van der Waals surface area contributed by atoms with Crippen LogP contribution in [0.3, 0.4) is 0 Å². The van der Waals surface area contributed by atoms with Gasteiger partial charge in [0, 0.05) is 22.1 Å². The Bertz CT molecular complexity index is 682. The Morgan fingerprint density at radius 3 is 2.67 bits per heavy atom. The summed E-state index contributed by atoms with van der Waals surface area (Å²) >= 11 is 3.48. The molecule has 3 rings (SSSR count). The smallest absolute Gasteiger partial charge is 0.254 e. The molecule has 2 aromatic rings. The van der Waals surface area contributed by atoms with Gasteiger partial charge in [0.25, 0.3) is 5.91 Å². The predicted molar refractivity (Wildman–Crippen MR) is 90.6 cm³/mol. The molecule has 0 N–H and O–H groups in total. The lowest BCUT2D eigenvalue weighted by Crippen LogP contribution is -2.39. The lowest BCUT2D eigenvalue weighted by atomic mass is 10.1. The largest absolute Gasteiger partial charge is 0.333 e. The molecular weight excluding hydrogens is 326 g/mol. The zero-order valence-corrected chi connectivity index (χ0v) is 14.1. The molecule has 3 heteroatoms. The number of carbonyl (C=O) groups excluding carboxylic acids is 1. The van der Waals surface area contributed by atoms with E-state index in [1.807, 2.05) is 24.3 Å². The van der Waals surface area contributed by atoms with E-state index < -0.39 is 0 Å². The predicted octanol–water partition coefficient (Wildman–Crippen LogP) is 5.01. The van der Waals surface area contributed by atoms with E-state index in [1.54, 1.807) is 0 Å². The molecule has 1 fully saturated rings. The summed E-state index contributed by atoms with van der Waals surface area (Å²) in [5, 5.41) is 2.27. The first-order chi connectivity index (χ1) is 10.1. The fourth-order valence-electron chi connectivity index (χ4n) is 3.34. The van der Waals surface area contributed by atoms with Crippen LogP contribution in [0.2, 0.25) is 0 Å². The van der Waals surface area contributed by atoms with Crippen LogP contribution in [0.5, 0.6) is 0 Å². The van der Waals surface area contributed by atoms with E-state index in [1.165, 1.54) is 0 Å². The fraction of sp³-hybridized carbons (Fsp3) is 0.389. The molecular formula is C18H20BrNO. The Hall–Kier alpha value is -1.35. The van der Waals surface area contributed by atoms with E-state index in [-0.39, 0.29) is 5.91 Å². The van der Waals surface area contributed by atoms with Gasteiger partial charge < -0.3 is 4.90 Å². The highest BCUT2D eigenvalue weighted by Crippen LogP contribution is 2.29. The minimum absolute atomic E-state index is 0.177. The number of amides is 1. The zero-order chi connectivity index (χ0) is 15.0. The second-order valence-electron chi connectivity index (χ2n) is 5.91. The zero-order valence-electron chi connectivity index (χ0n) is 12.5. The Labute approximate surface area is 134 Å². The normalized spacial score (nSPS) is 22.0. The number of hydrogen-bond donors (Lipinski definition) is 0. The molecule has 0 aromatic heterocycles. The van der Waals surface area contributed by atoms with Crippen LogP contribution in [0.15, 0.2) is 40.9 Å². The molecule has 1 heterocycles. The van der Waals surface area contributed by atoms with Crippen molar-refractivity contribution >= 4 is 32.6 Å². The van der Waals surface area contributed by atoms with Crippen LogP contribution in [-0.2, 0) is 0 Å². The molecule has 1 aliphatic heterocycles. The van der Waals surface area contributed by atoms with E-state index in [9.17, 15) is 4.79 Å². The van der Waals surface area contributed by atoms with E-state index in [0.717, 1.165) is 40.1 Å². The molecule has 2 atom stereocenters. The maximum atomic E-state index is 12.9. The number of halogens is 1. The van der Waals surface area contributed by atoms with Gasteiger partial charge in [-0.2, -0.15) is 0 Å². The average Bonchev–Trinajstić information content (AvgIpc) is 2.86. The second-order valence-corrected chi connectivity index (χ2v) is 6.82. The van der Waals surface area contributed by atoms with Gasteiger partial charge in [0.15, 0.2) is 0 Å². The van der Waals surface area contributed by atoms with E-state index in [4.69, 9.17) is 0 Å².